The molecule has 0 aromatic heterocycles. The van der Waals surface area contributed by atoms with E-state index in [1.165, 1.54) is 6.07 Å². The molecule has 1 atom stereocenters. The van der Waals surface area contributed by atoms with Gasteiger partial charge >= 0.3 is 0 Å². The van der Waals surface area contributed by atoms with Gasteiger partial charge in [0.1, 0.15) is 5.82 Å². The molecule has 4 heteroatoms. The van der Waals surface area contributed by atoms with E-state index in [0.29, 0.717) is 21.2 Å². The minimum Gasteiger partial charge on any atom is -0.320 e. The molecule has 2 rings (SSSR count). The summed E-state index contributed by atoms with van der Waals surface area (Å²) in [5.74, 6) is -0.357. The van der Waals surface area contributed by atoms with Crippen molar-refractivity contribution in [1.82, 2.24) is 0 Å². The van der Waals surface area contributed by atoms with Crippen molar-refractivity contribution in [3.05, 3.63) is 69.0 Å². The summed E-state index contributed by atoms with van der Waals surface area (Å²) in [4.78, 5) is 0. The SMILES string of the molecule is Cc1ccc(F)c(C(N)c2c(Cl)cccc2Cl)c1. The lowest BCUT2D eigenvalue weighted by molar-refractivity contribution is 0.599. The second-order valence-electron chi connectivity index (χ2n) is 4.14. The van der Waals surface area contributed by atoms with Gasteiger partial charge in [0.25, 0.3) is 0 Å². The molecule has 0 amide bonds. The Hall–Kier alpha value is -1.09. The minimum absolute atomic E-state index is 0.357. The second kappa shape index (κ2) is 5.27. The summed E-state index contributed by atoms with van der Waals surface area (Å²) in [6.07, 6.45) is 0. The molecule has 2 aromatic carbocycles. The summed E-state index contributed by atoms with van der Waals surface area (Å²) in [5, 5.41) is 0.881. The van der Waals surface area contributed by atoms with Crippen LogP contribution in [0.1, 0.15) is 22.7 Å². The Balaban J connectivity index is 2.54. The van der Waals surface area contributed by atoms with Crippen LogP contribution in [0.15, 0.2) is 36.4 Å². The fourth-order valence-corrected chi connectivity index (χ4v) is 2.50. The van der Waals surface area contributed by atoms with E-state index in [1.54, 1.807) is 30.3 Å². The third-order valence-electron chi connectivity index (χ3n) is 2.80. The average molecular weight is 284 g/mol. The predicted octanol–water partition coefficient (Wildman–Crippen LogP) is 4.49. The fourth-order valence-electron chi connectivity index (χ4n) is 1.86. The molecule has 0 saturated carbocycles. The standard InChI is InChI=1S/C14H12Cl2FN/c1-8-5-6-12(17)9(7-8)14(18)13-10(15)3-2-4-11(13)16/h2-7,14H,18H2,1H3. The van der Waals surface area contributed by atoms with Gasteiger partial charge in [0.05, 0.1) is 6.04 Å². The molecule has 1 nitrogen and oxygen atoms in total. The van der Waals surface area contributed by atoms with Crippen LogP contribution in [-0.2, 0) is 0 Å². The van der Waals surface area contributed by atoms with Crippen LogP contribution in [0.3, 0.4) is 0 Å². The fraction of sp³-hybridized carbons (Fsp3) is 0.143. The van der Waals surface area contributed by atoms with Crippen molar-refractivity contribution in [1.29, 1.82) is 0 Å². The third kappa shape index (κ3) is 2.51. The van der Waals surface area contributed by atoms with E-state index in [1.807, 2.05) is 6.92 Å². The molecule has 0 aliphatic carbocycles. The van der Waals surface area contributed by atoms with E-state index in [0.717, 1.165) is 5.56 Å². The summed E-state index contributed by atoms with van der Waals surface area (Å²) in [6.45, 7) is 1.88. The van der Waals surface area contributed by atoms with Crippen molar-refractivity contribution in [2.24, 2.45) is 5.73 Å². The molecule has 0 aliphatic heterocycles. The third-order valence-corrected chi connectivity index (χ3v) is 3.46. The molecule has 0 fully saturated rings. The van der Waals surface area contributed by atoms with Gasteiger partial charge in [0, 0.05) is 21.2 Å². The van der Waals surface area contributed by atoms with Gasteiger partial charge in [-0.3, -0.25) is 0 Å². The van der Waals surface area contributed by atoms with Crippen molar-refractivity contribution < 1.29 is 4.39 Å². The number of rotatable bonds is 2. The summed E-state index contributed by atoms with van der Waals surface area (Å²) in [7, 11) is 0. The zero-order valence-electron chi connectivity index (χ0n) is 9.75. The Kier molecular flexibility index (Phi) is 3.91. The number of benzene rings is 2. The lowest BCUT2D eigenvalue weighted by atomic mass is 9.97. The van der Waals surface area contributed by atoms with E-state index in [-0.39, 0.29) is 5.82 Å². The lowest BCUT2D eigenvalue weighted by Crippen LogP contribution is -2.15. The summed E-state index contributed by atoms with van der Waals surface area (Å²) >= 11 is 12.2. The first-order valence-electron chi connectivity index (χ1n) is 5.46. The predicted molar refractivity (Wildman–Crippen MR) is 73.6 cm³/mol. The van der Waals surface area contributed by atoms with Gasteiger partial charge < -0.3 is 5.73 Å². The van der Waals surface area contributed by atoms with Crippen LogP contribution >= 0.6 is 23.2 Å². The summed E-state index contributed by atoms with van der Waals surface area (Å²) < 4.78 is 13.8. The number of nitrogens with two attached hydrogens (primary N) is 1. The Morgan fingerprint density at radius 3 is 2.33 bits per heavy atom. The normalized spacial score (nSPS) is 12.5. The molecule has 2 aromatic rings. The van der Waals surface area contributed by atoms with Crippen molar-refractivity contribution in [3.8, 4) is 0 Å². The van der Waals surface area contributed by atoms with Crippen LogP contribution in [-0.4, -0.2) is 0 Å². The number of aryl methyl sites for hydroxylation is 1. The van der Waals surface area contributed by atoms with Crippen molar-refractivity contribution in [2.45, 2.75) is 13.0 Å². The monoisotopic (exact) mass is 283 g/mol. The van der Waals surface area contributed by atoms with Crippen molar-refractivity contribution >= 4 is 23.2 Å². The Morgan fingerprint density at radius 2 is 1.72 bits per heavy atom. The lowest BCUT2D eigenvalue weighted by Gasteiger charge is -2.17. The van der Waals surface area contributed by atoms with Gasteiger partial charge in [-0.25, -0.2) is 4.39 Å². The first-order chi connectivity index (χ1) is 8.50. The minimum atomic E-state index is -0.675. The Labute approximate surface area is 115 Å². The molecule has 2 N–H and O–H groups in total. The van der Waals surface area contributed by atoms with E-state index >= 15 is 0 Å². The van der Waals surface area contributed by atoms with Crippen molar-refractivity contribution in [3.63, 3.8) is 0 Å². The highest BCUT2D eigenvalue weighted by atomic mass is 35.5. The number of hydrogen-bond donors (Lipinski definition) is 1. The highest BCUT2D eigenvalue weighted by Gasteiger charge is 2.19. The van der Waals surface area contributed by atoms with Crippen molar-refractivity contribution in [2.75, 3.05) is 0 Å². The zero-order chi connectivity index (χ0) is 13.3. The maximum Gasteiger partial charge on any atom is 0.128 e. The van der Waals surface area contributed by atoms with E-state index < -0.39 is 6.04 Å². The first-order valence-corrected chi connectivity index (χ1v) is 6.22. The molecule has 0 heterocycles. The molecule has 0 radical (unpaired) electrons. The van der Waals surface area contributed by atoms with Crippen LogP contribution in [0.4, 0.5) is 4.39 Å². The average Bonchev–Trinajstić information content (AvgIpc) is 2.32. The van der Waals surface area contributed by atoms with Gasteiger partial charge in [-0.05, 0) is 25.1 Å². The topological polar surface area (TPSA) is 26.0 Å². The van der Waals surface area contributed by atoms with Gasteiger partial charge in [-0.1, -0.05) is 47.0 Å². The quantitative estimate of drug-likeness (QED) is 0.864. The molecule has 0 aliphatic rings. The van der Waals surface area contributed by atoms with Crippen LogP contribution in [0.25, 0.3) is 0 Å². The Morgan fingerprint density at radius 1 is 1.11 bits per heavy atom. The van der Waals surface area contributed by atoms with E-state index in [4.69, 9.17) is 28.9 Å². The smallest absolute Gasteiger partial charge is 0.128 e. The molecular weight excluding hydrogens is 272 g/mol. The highest BCUT2D eigenvalue weighted by molar-refractivity contribution is 6.36. The molecule has 94 valence electrons. The molecule has 18 heavy (non-hydrogen) atoms. The summed E-state index contributed by atoms with van der Waals surface area (Å²) in [6, 6.07) is 9.24. The Bertz CT molecular complexity index is 564. The van der Waals surface area contributed by atoms with Crippen LogP contribution in [0, 0.1) is 12.7 Å². The first kappa shape index (κ1) is 13.3. The molecule has 1 unspecified atom stereocenters. The number of halogens is 3. The van der Waals surface area contributed by atoms with Crippen LogP contribution < -0.4 is 5.73 Å². The van der Waals surface area contributed by atoms with Crippen LogP contribution in [0.2, 0.25) is 10.0 Å². The molecular formula is C14H12Cl2FN. The van der Waals surface area contributed by atoms with Gasteiger partial charge in [0.15, 0.2) is 0 Å². The van der Waals surface area contributed by atoms with Gasteiger partial charge in [-0.15, -0.1) is 0 Å². The highest BCUT2D eigenvalue weighted by Crippen LogP contribution is 2.33. The van der Waals surface area contributed by atoms with Crippen LogP contribution in [0.5, 0.6) is 0 Å². The molecule has 0 spiro atoms. The largest absolute Gasteiger partial charge is 0.320 e. The zero-order valence-corrected chi connectivity index (χ0v) is 11.3. The maximum atomic E-state index is 13.8. The van der Waals surface area contributed by atoms with E-state index in [2.05, 4.69) is 0 Å². The molecule has 0 saturated heterocycles. The summed E-state index contributed by atoms with van der Waals surface area (Å²) in [5.41, 5.74) is 7.95. The second-order valence-corrected chi connectivity index (χ2v) is 4.95. The van der Waals surface area contributed by atoms with Gasteiger partial charge in [0.2, 0.25) is 0 Å². The maximum absolute atomic E-state index is 13.8. The van der Waals surface area contributed by atoms with E-state index in [9.17, 15) is 4.39 Å². The number of hydrogen-bond acceptors (Lipinski definition) is 1. The molecule has 0 bridgehead atoms. The van der Waals surface area contributed by atoms with Gasteiger partial charge in [-0.2, -0.15) is 0 Å².